The Balaban J connectivity index is 2.16. The molecule has 0 amide bonds. The van der Waals surface area contributed by atoms with Crippen molar-refractivity contribution in [3.05, 3.63) is 0 Å². The molecule has 0 bridgehead atoms. The van der Waals surface area contributed by atoms with E-state index in [4.69, 9.17) is 0 Å². The molecule has 0 N–H and O–H groups in total. The van der Waals surface area contributed by atoms with Gasteiger partial charge in [-0.05, 0) is 31.5 Å². The van der Waals surface area contributed by atoms with E-state index in [0.717, 1.165) is 12.6 Å². The topological polar surface area (TPSA) is 6.48 Å². The van der Waals surface area contributed by atoms with Gasteiger partial charge in [0.25, 0.3) is 0 Å². The third-order valence-corrected chi connectivity index (χ3v) is 3.09. The Morgan fingerprint density at radius 1 is 1.70 bits per heavy atom. The second-order valence-corrected chi connectivity index (χ2v) is 4.05. The van der Waals surface area contributed by atoms with E-state index in [1.165, 1.54) is 13.0 Å². The Morgan fingerprint density at radius 3 is 2.70 bits per heavy atom. The molecule has 1 saturated heterocycles. The van der Waals surface area contributed by atoms with Crippen molar-refractivity contribution in [2.24, 2.45) is 0 Å². The summed E-state index contributed by atoms with van der Waals surface area (Å²) >= 11 is 4.15. The van der Waals surface area contributed by atoms with Gasteiger partial charge in [0.05, 0.1) is 0 Å². The van der Waals surface area contributed by atoms with Gasteiger partial charge in [-0.3, -0.25) is 0 Å². The molecule has 4 heteroatoms. The molecule has 1 fully saturated rings. The summed E-state index contributed by atoms with van der Waals surface area (Å²) in [6, 6.07) is 0.734. The molecule has 60 valence electrons. The smallest absolute Gasteiger partial charge is 0.0350 e. The summed E-state index contributed by atoms with van der Waals surface area (Å²) in [6.45, 7) is 2.36. The lowest BCUT2D eigenvalue weighted by atomic mass is 10.1. The molecule has 0 aromatic heterocycles. The number of nitrogens with zero attached hydrogens (tertiary/aromatic N) is 2. The molecule has 1 aliphatic rings. The van der Waals surface area contributed by atoms with E-state index >= 15 is 0 Å². The maximum atomic E-state index is 4.15. The number of hydrogen-bond donors (Lipinski definition) is 1. The zero-order valence-electron chi connectivity index (χ0n) is 6.45. The first-order valence-electron chi connectivity index (χ1n) is 3.47. The summed E-state index contributed by atoms with van der Waals surface area (Å²) < 4.78 is 2.31. The van der Waals surface area contributed by atoms with Gasteiger partial charge in [-0.2, -0.15) is 0 Å². The fraction of sp³-hybridized carbons (Fsp3) is 1.00. The fourth-order valence-corrected chi connectivity index (χ4v) is 2.27. The lowest BCUT2D eigenvalue weighted by molar-refractivity contribution is 0.175. The summed E-state index contributed by atoms with van der Waals surface area (Å²) in [5, 5.41) is 0. The van der Waals surface area contributed by atoms with Crippen molar-refractivity contribution in [1.82, 2.24) is 9.21 Å². The quantitative estimate of drug-likeness (QED) is 0.393. The van der Waals surface area contributed by atoms with Crippen LogP contribution in [0.25, 0.3) is 0 Å². The summed E-state index contributed by atoms with van der Waals surface area (Å²) in [7, 11) is 5.78. The summed E-state index contributed by atoms with van der Waals surface area (Å²) in [5.41, 5.74) is 0. The van der Waals surface area contributed by atoms with E-state index in [1.54, 1.807) is 11.0 Å². The van der Waals surface area contributed by atoms with E-state index in [2.05, 4.69) is 35.0 Å². The van der Waals surface area contributed by atoms with Crippen LogP contribution >= 0.6 is 22.6 Å². The first-order chi connectivity index (χ1) is 4.74. The van der Waals surface area contributed by atoms with Gasteiger partial charge in [0.2, 0.25) is 0 Å². The highest BCUT2D eigenvalue weighted by Crippen LogP contribution is 2.28. The van der Waals surface area contributed by atoms with Gasteiger partial charge in [-0.25, -0.2) is 4.31 Å². The molecule has 1 atom stereocenters. The Morgan fingerprint density at radius 2 is 2.40 bits per heavy atom. The van der Waals surface area contributed by atoms with Crippen molar-refractivity contribution >= 4 is 22.6 Å². The van der Waals surface area contributed by atoms with Crippen molar-refractivity contribution in [1.29, 1.82) is 0 Å². The number of hydrogen-bond acceptors (Lipinski definition) is 4. The number of thiol groups is 1. The molecule has 0 aliphatic carbocycles. The highest BCUT2D eigenvalue weighted by Gasteiger charge is 2.27. The van der Waals surface area contributed by atoms with Crippen LogP contribution in [0.4, 0.5) is 0 Å². The molecule has 1 rings (SSSR count). The van der Waals surface area contributed by atoms with Gasteiger partial charge in [0, 0.05) is 19.1 Å². The molecule has 0 saturated carbocycles. The van der Waals surface area contributed by atoms with E-state index in [-0.39, 0.29) is 0 Å². The second-order valence-electron chi connectivity index (χ2n) is 2.93. The lowest BCUT2D eigenvalue weighted by Gasteiger charge is -2.39. The van der Waals surface area contributed by atoms with Crippen molar-refractivity contribution < 1.29 is 0 Å². The van der Waals surface area contributed by atoms with Crippen molar-refractivity contribution in [3.63, 3.8) is 0 Å². The Kier molecular flexibility index (Phi) is 3.36. The number of likely N-dealkylation sites (N-methyl/N-ethyl adjacent to an activating group) is 1. The van der Waals surface area contributed by atoms with Crippen LogP contribution < -0.4 is 0 Å². The average Bonchev–Trinajstić information content (AvgIpc) is 1.82. The van der Waals surface area contributed by atoms with E-state index in [1.807, 2.05) is 0 Å². The second kappa shape index (κ2) is 3.85. The molecular formula is C6H14N2S2. The van der Waals surface area contributed by atoms with Gasteiger partial charge >= 0.3 is 0 Å². The van der Waals surface area contributed by atoms with Crippen LogP contribution in [-0.4, -0.2) is 42.4 Å². The van der Waals surface area contributed by atoms with E-state index in [9.17, 15) is 0 Å². The van der Waals surface area contributed by atoms with Gasteiger partial charge < -0.3 is 4.90 Å². The van der Waals surface area contributed by atoms with Crippen molar-refractivity contribution in [2.45, 2.75) is 12.5 Å². The molecule has 1 aliphatic heterocycles. The van der Waals surface area contributed by atoms with Crippen molar-refractivity contribution in [2.75, 3.05) is 27.2 Å². The third-order valence-electron chi connectivity index (χ3n) is 1.77. The minimum absolute atomic E-state index is 0.734. The van der Waals surface area contributed by atoms with Crippen LogP contribution in [0.1, 0.15) is 6.42 Å². The first kappa shape index (κ1) is 8.71. The molecular weight excluding hydrogens is 164 g/mol. The summed E-state index contributed by atoms with van der Waals surface area (Å²) in [5.74, 6) is 0. The van der Waals surface area contributed by atoms with Crippen LogP contribution in [0.3, 0.4) is 0 Å². The maximum Gasteiger partial charge on any atom is 0.0350 e. The van der Waals surface area contributed by atoms with Crippen LogP contribution in [0.15, 0.2) is 0 Å². The molecule has 1 heterocycles. The third kappa shape index (κ3) is 2.05. The van der Waals surface area contributed by atoms with Crippen molar-refractivity contribution in [3.8, 4) is 0 Å². The van der Waals surface area contributed by atoms with Gasteiger partial charge in [-0.1, -0.05) is 11.7 Å². The minimum atomic E-state index is 0.734. The first-order valence-corrected chi connectivity index (χ1v) is 5.29. The maximum absolute atomic E-state index is 4.15. The molecule has 0 unspecified atom stereocenters. The molecule has 2 nitrogen and oxygen atoms in total. The van der Waals surface area contributed by atoms with Gasteiger partial charge in [0.1, 0.15) is 0 Å². The Bertz CT molecular complexity index is 106. The summed E-state index contributed by atoms with van der Waals surface area (Å²) in [4.78, 5) is 2.22. The molecule has 10 heavy (non-hydrogen) atoms. The predicted octanol–water partition coefficient (Wildman–Crippen LogP) is 1.12. The zero-order chi connectivity index (χ0) is 7.56. The number of rotatable bonds is 3. The van der Waals surface area contributed by atoms with Gasteiger partial charge in [-0.15, -0.1) is 0 Å². The standard InChI is InChI=1S/C6H14N2S2/c1-7(2)5-6-3-4-8(6)10-9/h6,9H,3-5H2,1-2H3/t6-/m1/s1. The Hall–Kier alpha value is 0.620. The Labute approximate surface area is 71.9 Å². The molecule has 0 aromatic rings. The van der Waals surface area contributed by atoms with E-state index in [0.29, 0.717) is 0 Å². The molecule has 0 aromatic carbocycles. The molecule has 0 radical (unpaired) electrons. The minimum Gasteiger partial charge on any atom is -0.308 e. The highest BCUT2D eigenvalue weighted by atomic mass is 33.1. The molecule has 0 spiro atoms. The van der Waals surface area contributed by atoms with E-state index < -0.39 is 0 Å². The zero-order valence-corrected chi connectivity index (χ0v) is 8.16. The van der Waals surface area contributed by atoms with Crippen LogP contribution in [-0.2, 0) is 0 Å². The SMILES string of the molecule is CN(C)C[C@H]1CCN1SS. The average molecular weight is 178 g/mol. The fourth-order valence-electron chi connectivity index (χ4n) is 1.13. The monoisotopic (exact) mass is 178 g/mol. The lowest BCUT2D eigenvalue weighted by Crippen LogP contribution is -2.47. The largest absolute Gasteiger partial charge is 0.308 e. The highest BCUT2D eigenvalue weighted by molar-refractivity contribution is 8.67. The van der Waals surface area contributed by atoms with Gasteiger partial charge in [0.15, 0.2) is 0 Å². The summed E-state index contributed by atoms with van der Waals surface area (Å²) in [6.07, 6.45) is 1.33. The van der Waals surface area contributed by atoms with Crippen LogP contribution in [0, 0.1) is 0 Å². The van der Waals surface area contributed by atoms with Crippen LogP contribution in [0.2, 0.25) is 0 Å². The normalized spacial score (nSPS) is 27.0. The van der Waals surface area contributed by atoms with Crippen LogP contribution in [0.5, 0.6) is 0 Å². The predicted molar refractivity (Wildman–Crippen MR) is 50.2 cm³/mol.